The first-order valence-corrected chi connectivity index (χ1v) is 11.9. The molecule has 0 bridgehead atoms. The summed E-state index contributed by atoms with van der Waals surface area (Å²) in [6, 6.07) is 16.5. The van der Waals surface area contributed by atoms with Gasteiger partial charge in [0.15, 0.2) is 0 Å². The van der Waals surface area contributed by atoms with Crippen molar-refractivity contribution in [1.29, 1.82) is 0 Å². The van der Waals surface area contributed by atoms with Crippen LogP contribution in [0.2, 0.25) is 0 Å². The number of hydrogen-bond acceptors (Lipinski definition) is 6. The summed E-state index contributed by atoms with van der Waals surface area (Å²) in [5.74, 6) is 0.419. The topological polar surface area (TPSA) is 61.8 Å². The summed E-state index contributed by atoms with van der Waals surface area (Å²) in [6.45, 7) is 4.42. The Morgan fingerprint density at radius 1 is 0.971 bits per heavy atom. The Kier molecular flexibility index (Phi) is 6.56. The largest absolute Gasteiger partial charge is 0.477 e. The van der Waals surface area contributed by atoms with Gasteiger partial charge in [-0.3, -0.25) is 14.7 Å². The van der Waals surface area contributed by atoms with Gasteiger partial charge in [-0.15, -0.1) is 0 Å². The maximum absolute atomic E-state index is 13.4. The van der Waals surface area contributed by atoms with Gasteiger partial charge in [0.25, 0.3) is 5.91 Å². The summed E-state index contributed by atoms with van der Waals surface area (Å²) in [5.41, 5.74) is 5.39. The van der Waals surface area contributed by atoms with Crippen molar-refractivity contribution >= 4 is 5.91 Å². The zero-order valence-corrected chi connectivity index (χ0v) is 19.9. The van der Waals surface area contributed by atoms with E-state index in [0.717, 1.165) is 31.7 Å². The predicted molar refractivity (Wildman–Crippen MR) is 132 cm³/mol. The minimum absolute atomic E-state index is 0.00996. The van der Waals surface area contributed by atoms with Crippen LogP contribution in [0.4, 0.5) is 0 Å². The van der Waals surface area contributed by atoms with Gasteiger partial charge in [0.05, 0.1) is 18.3 Å². The van der Waals surface area contributed by atoms with E-state index >= 15 is 0 Å². The van der Waals surface area contributed by atoms with Gasteiger partial charge in [-0.25, -0.2) is 4.98 Å². The molecule has 0 spiro atoms. The number of pyridine rings is 2. The third-order valence-electron chi connectivity index (χ3n) is 6.60. The van der Waals surface area contributed by atoms with Gasteiger partial charge < -0.3 is 14.5 Å². The van der Waals surface area contributed by atoms with Crippen molar-refractivity contribution < 1.29 is 9.53 Å². The van der Waals surface area contributed by atoms with E-state index in [-0.39, 0.29) is 11.9 Å². The fourth-order valence-electron chi connectivity index (χ4n) is 4.95. The number of benzene rings is 1. The van der Waals surface area contributed by atoms with Gasteiger partial charge >= 0.3 is 0 Å². The lowest BCUT2D eigenvalue weighted by Gasteiger charge is -2.38. The van der Waals surface area contributed by atoms with Gasteiger partial charge in [-0.2, -0.15) is 0 Å². The molecular weight excluding hydrogens is 426 g/mol. The van der Waals surface area contributed by atoms with Crippen molar-refractivity contribution in [1.82, 2.24) is 24.7 Å². The molecule has 1 fully saturated rings. The number of fused-ring (bicyclic) bond motifs is 3. The molecule has 0 unspecified atom stereocenters. The number of piperazine rings is 1. The SMILES string of the molecule is CN(C)CCCOc1ncccc1C(=O)N1CCN([C@@H]2c3ccccc3-c3ncccc32)CC1. The number of aromatic nitrogens is 2. The molecule has 0 radical (unpaired) electrons. The van der Waals surface area contributed by atoms with E-state index < -0.39 is 0 Å². The Labute approximate surface area is 201 Å². The first-order valence-electron chi connectivity index (χ1n) is 11.9. The smallest absolute Gasteiger partial charge is 0.259 e. The highest BCUT2D eigenvalue weighted by molar-refractivity contribution is 5.96. The minimum atomic E-state index is -0.00996. The molecule has 1 aromatic carbocycles. The van der Waals surface area contributed by atoms with E-state index in [1.54, 1.807) is 12.3 Å². The van der Waals surface area contributed by atoms with Crippen molar-refractivity contribution in [3.63, 3.8) is 0 Å². The fourth-order valence-corrected chi connectivity index (χ4v) is 4.95. The van der Waals surface area contributed by atoms with Crippen LogP contribution in [0.1, 0.15) is 33.9 Å². The van der Waals surface area contributed by atoms with Crippen LogP contribution in [0.25, 0.3) is 11.3 Å². The number of ether oxygens (including phenoxy) is 1. The van der Waals surface area contributed by atoms with Crippen molar-refractivity contribution in [2.75, 3.05) is 53.4 Å². The molecular formula is C27H31N5O2. The molecule has 1 atom stereocenters. The highest BCUT2D eigenvalue weighted by atomic mass is 16.5. The van der Waals surface area contributed by atoms with Crippen LogP contribution in [0.5, 0.6) is 5.88 Å². The molecule has 5 rings (SSSR count). The molecule has 7 heteroatoms. The van der Waals surface area contributed by atoms with Gasteiger partial charge in [-0.05, 0) is 44.3 Å². The summed E-state index contributed by atoms with van der Waals surface area (Å²) < 4.78 is 5.88. The van der Waals surface area contributed by atoms with Crippen molar-refractivity contribution in [2.45, 2.75) is 12.5 Å². The number of rotatable bonds is 7. The molecule has 3 heterocycles. The second kappa shape index (κ2) is 9.91. The average Bonchev–Trinajstić information content (AvgIpc) is 3.21. The number of amides is 1. The molecule has 0 saturated carbocycles. The van der Waals surface area contributed by atoms with Crippen molar-refractivity contribution in [3.8, 4) is 17.1 Å². The second-order valence-electron chi connectivity index (χ2n) is 9.12. The van der Waals surface area contributed by atoms with Crippen LogP contribution in [0.15, 0.2) is 60.9 Å². The number of hydrogen-bond donors (Lipinski definition) is 0. The number of carbonyl (C=O) groups excluding carboxylic acids is 1. The summed E-state index contributed by atoms with van der Waals surface area (Å²) in [5, 5.41) is 0. The highest BCUT2D eigenvalue weighted by Crippen LogP contribution is 2.45. The van der Waals surface area contributed by atoms with Gasteiger partial charge in [-0.1, -0.05) is 30.3 Å². The van der Waals surface area contributed by atoms with E-state index in [0.29, 0.717) is 31.1 Å². The predicted octanol–water partition coefficient (Wildman–Crippen LogP) is 3.33. The maximum atomic E-state index is 13.4. The molecule has 1 saturated heterocycles. The summed E-state index contributed by atoms with van der Waals surface area (Å²) in [6.07, 6.45) is 4.43. The van der Waals surface area contributed by atoms with Crippen LogP contribution in [-0.4, -0.2) is 84.0 Å². The fraction of sp³-hybridized carbons (Fsp3) is 0.370. The molecule has 2 aliphatic rings. The monoisotopic (exact) mass is 457 g/mol. The van der Waals surface area contributed by atoms with Crippen molar-refractivity contribution in [2.24, 2.45) is 0 Å². The Bertz CT molecular complexity index is 1110. The molecule has 2 aromatic heterocycles. The first-order chi connectivity index (χ1) is 16.6. The van der Waals surface area contributed by atoms with Crippen LogP contribution in [-0.2, 0) is 0 Å². The zero-order chi connectivity index (χ0) is 23.5. The van der Waals surface area contributed by atoms with E-state index in [1.807, 2.05) is 37.3 Å². The van der Waals surface area contributed by atoms with Crippen LogP contribution in [0, 0.1) is 0 Å². The van der Waals surface area contributed by atoms with Crippen LogP contribution >= 0.6 is 0 Å². The summed E-state index contributed by atoms with van der Waals surface area (Å²) in [4.78, 5) is 28.9. The minimum Gasteiger partial charge on any atom is -0.477 e. The van der Waals surface area contributed by atoms with Crippen LogP contribution in [0.3, 0.4) is 0 Å². The summed E-state index contributed by atoms with van der Waals surface area (Å²) >= 11 is 0. The standard InChI is InChI=1S/C27H31N5O2/c1-30(2)14-7-19-34-26-23(11-6-13-29-26)27(33)32-17-15-31(16-18-32)25-21-9-4-3-8-20(21)24-22(25)10-5-12-28-24/h3-6,8-13,25H,7,14-19H2,1-2H3/t25-/m1/s1. The normalized spacial score (nSPS) is 17.5. The van der Waals surface area contributed by atoms with E-state index in [1.165, 1.54) is 16.7 Å². The number of carbonyl (C=O) groups is 1. The second-order valence-corrected chi connectivity index (χ2v) is 9.12. The average molecular weight is 458 g/mol. The molecule has 1 aliphatic heterocycles. The Morgan fingerprint density at radius 3 is 2.53 bits per heavy atom. The molecule has 1 aliphatic carbocycles. The lowest BCUT2D eigenvalue weighted by Crippen LogP contribution is -2.49. The third kappa shape index (κ3) is 4.41. The first kappa shape index (κ1) is 22.5. The Hall–Kier alpha value is -3.29. The lowest BCUT2D eigenvalue weighted by molar-refractivity contribution is 0.0595. The molecule has 3 aromatic rings. The lowest BCUT2D eigenvalue weighted by atomic mass is 10.0. The molecule has 7 nitrogen and oxygen atoms in total. The molecule has 176 valence electrons. The maximum Gasteiger partial charge on any atom is 0.259 e. The van der Waals surface area contributed by atoms with Gasteiger partial charge in [0, 0.05) is 56.2 Å². The van der Waals surface area contributed by atoms with Gasteiger partial charge in [0.2, 0.25) is 5.88 Å². The zero-order valence-electron chi connectivity index (χ0n) is 19.9. The summed E-state index contributed by atoms with van der Waals surface area (Å²) in [7, 11) is 4.07. The third-order valence-corrected chi connectivity index (χ3v) is 6.60. The van der Waals surface area contributed by atoms with E-state index in [4.69, 9.17) is 4.74 Å². The Balaban J connectivity index is 1.27. The van der Waals surface area contributed by atoms with E-state index in [2.05, 4.69) is 50.1 Å². The van der Waals surface area contributed by atoms with Crippen molar-refractivity contribution in [3.05, 3.63) is 77.6 Å². The number of nitrogens with zero attached hydrogens (tertiary/aromatic N) is 5. The highest BCUT2D eigenvalue weighted by Gasteiger charge is 2.36. The molecule has 0 N–H and O–H groups in total. The molecule has 1 amide bonds. The molecule has 34 heavy (non-hydrogen) atoms. The van der Waals surface area contributed by atoms with E-state index in [9.17, 15) is 4.79 Å². The van der Waals surface area contributed by atoms with Crippen LogP contribution < -0.4 is 4.74 Å². The van der Waals surface area contributed by atoms with Gasteiger partial charge in [0.1, 0.15) is 5.56 Å². The Morgan fingerprint density at radius 2 is 1.71 bits per heavy atom. The quantitative estimate of drug-likeness (QED) is 0.507.